The molecular formula is C18H34IN3O3S. The normalized spacial score (nSPS) is 29.8. The van der Waals surface area contributed by atoms with Crippen LogP contribution in [0.25, 0.3) is 0 Å². The molecule has 2 atom stereocenters. The summed E-state index contributed by atoms with van der Waals surface area (Å²) in [6.07, 6.45) is 4.35. The maximum Gasteiger partial charge on any atom is 0.194 e. The molecule has 0 aromatic heterocycles. The molecule has 0 spiro atoms. The Morgan fingerprint density at radius 1 is 1.19 bits per heavy atom. The first-order valence-electron chi connectivity index (χ1n) is 9.77. The van der Waals surface area contributed by atoms with Crippen LogP contribution in [0.15, 0.2) is 4.99 Å². The van der Waals surface area contributed by atoms with Crippen molar-refractivity contribution in [2.75, 3.05) is 44.4 Å². The van der Waals surface area contributed by atoms with Crippen molar-refractivity contribution >= 4 is 39.8 Å². The van der Waals surface area contributed by atoms with Gasteiger partial charge in [0.05, 0.1) is 11.5 Å². The van der Waals surface area contributed by atoms with Crippen molar-refractivity contribution in [2.45, 2.75) is 45.6 Å². The first-order chi connectivity index (χ1) is 11.9. The second kappa shape index (κ2) is 9.91. The first-order valence-corrected chi connectivity index (χ1v) is 11.6. The van der Waals surface area contributed by atoms with Gasteiger partial charge in [-0.25, -0.2) is 8.42 Å². The maximum atomic E-state index is 11.7. The number of nitrogens with one attached hydrogen (secondary N) is 1. The fraction of sp³-hybridized carbons (Fsp3) is 0.944. The smallest absolute Gasteiger partial charge is 0.194 e. The van der Waals surface area contributed by atoms with Gasteiger partial charge in [0.25, 0.3) is 0 Å². The van der Waals surface area contributed by atoms with Crippen molar-refractivity contribution in [2.24, 2.45) is 22.7 Å². The molecule has 3 heterocycles. The molecule has 0 aromatic rings. The molecule has 0 bridgehead atoms. The predicted octanol–water partition coefficient (Wildman–Crippen LogP) is 2.14. The van der Waals surface area contributed by atoms with Crippen molar-refractivity contribution in [1.29, 1.82) is 0 Å². The average Bonchev–Trinajstić information content (AvgIpc) is 3.18. The third-order valence-corrected chi connectivity index (χ3v) is 7.54. The molecule has 1 N–H and O–H groups in total. The third-order valence-electron chi connectivity index (χ3n) is 5.70. The van der Waals surface area contributed by atoms with Crippen molar-refractivity contribution < 1.29 is 13.2 Å². The van der Waals surface area contributed by atoms with Crippen LogP contribution in [0.2, 0.25) is 0 Å². The van der Waals surface area contributed by atoms with E-state index in [1.165, 1.54) is 19.3 Å². The number of sulfone groups is 1. The van der Waals surface area contributed by atoms with E-state index in [0.717, 1.165) is 50.5 Å². The monoisotopic (exact) mass is 499 g/mol. The van der Waals surface area contributed by atoms with Gasteiger partial charge >= 0.3 is 0 Å². The summed E-state index contributed by atoms with van der Waals surface area (Å²) in [6, 6.07) is 0.327. The van der Waals surface area contributed by atoms with Crippen molar-refractivity contribution in [3.05, 3.63) is 0 Å². The van der Waals surface area contributed by atoms with Crippen LogP contribution in [0, 0.1) is 17.8 Å². The van der Waals surface area contributed by atoms with Crippen molar-refractivity contribution in [3.8, 4) is 0 Å². The lowest BCUT2D eigenvalue weighted by molar-refractivity contribution is 0.0488. The minimum Gasteiger partial charge on any atom is -0.381 e. The Morgan fingerprint density at radius 2 is 1.92 bits per heavy atom. The Bertz CT molecular complexity index is 576. The minimum atomic E-state index is -2.82. The van der Waals surface area contributed by atoms with Crippen LogP contribution in [-0.2, 0) is 14.6 Å². The quantitative estimate of drug-likeness (QED) is 0.365. The number of likely N-dealkylation sites (tertiary alicyclic amines) is 1. The van der Waals surface area contributed by atoms with Crippen LogP contribution in [0.3, 0.4) is 0 Å². The molecule has 0 amide bonds. The van der Waals surface area contributed by atoms with E-state index in [1.54, 1.807) is 0 Å². The molecule has 0 saturated carbocycles. The number of hydrogen-bond donors (Lipinski definition) is 1. The maximum absolute atomic E-state index is 11.7. The summed E-state index contributed by atoms with van der Waals surface area (Å²) < 4.78 is 28.8. The lowest BCUT2D eigenvalue weighted by Gasteiger charge is -2.29. The van der Waals surface area contributed by atoms with Gasteiger partial charge in [0, 0.05) is 38.9 Å². The van der Waals surface area contributed by atoms with Crippen LogP contribution < -0.4 is 5.32 Å². The SMILES string of the molecule is CC(C)NC(=NCC1CCS(=O)(=O)C1)N1CCC(C2CCOCC2)C1.I. The summed E-state index contributed by atoms with van der Waals surface area (Å²) >= 11 is 0. The molecule has 0 aromatic carbocycles. The van der Waals surface area contributed by atoms with Crippen LogP contribution in [-0.4, -0.2) is 69.7 Å². The number of rotatable bonds is 4. The van der Waals surface area contributed by atoms with Crippen LogP contribution in [0.4, 0.5) is 0 Å². The summed E-state index contributed by atoms with van der Waals surface area (Å²) in [6.45, 7) is 8.79. The van der Waals surface area contributed by atoms with Crippen LogP contribution in [0.1, 0.15) is 39.5 Å². The Morgan fingerprint density at radius 3 is 2.54 bits per heavy atom. The van der Waals surface area contributed by atoms with E-state index >= 15 is 0 Å². The molecule has 6 nitrogen and oxygen atoms in total. The van der Waals surface area contributed by atoms with Crippen LogP contribution in [0.5, 0.6) is 0 Å². The molecule has 3 rings (SSSR count). The highest BCUT2D eigenvalue weighted by molar-refractivity contribution is 14.0. The molecular weight excluding hydrogens is 465 g/mol. The van der Waals surface area contributed by atoms with Gasteiger partial charge in [-0.2, -0.15) is 0 Å². The van der Waals surface area contributed by atoms with Gasteiger partial charge in [0.15, 0.2) is 15.8 Å². The highest BCUT2D eigenvalue weighted by Crippen LogP contribution is 2.31. The third kappa shape index (κ3) is 6.22. The van der Waals surface area contributed by atoms with Crippen molar-refractivity contribution in [1.82, 2.24) is 10.2 Å². The molecule has 26 heavy (non-hydrogen) atoms. The highest BCUT2D eigenvalue weighted by atomic mass is 127. The van der Waals surface area contributed by atoms with Gasteiger partial charge in [-0.15, -0.1) is 24.0 Å². The van der Waals surface area contributed by atoms with E-state index in [1.807, 2.05) is 0 Å². The summed E-state index contributed by atoms with van der Waals surface area (Å²) in [5.74, 6) is 3.29. The lowest BCUT2D eigenvalue weighted by Crippen LogP contribution is -2.44. The molecule has 2 unspecified atom stereocenters. The zero-order valence-electron chi connectivity index (χ0n) is 16.0. The van der Waals surface area contributed by atoms with Crippen molar-refractivity contribution in [3.63, 3.8) is 0 Å². The molecule has 3 aliphatic heterocycles. The second-order valence-electron chi connectivity index (χ2n) is 8.18. The number of aliphatic imine (C=N–C) groups is 1. The number of halogens is 1. The number of nitrogens with zero attached hydrogens (tertiary/aromatic N) is 2. The summed E-state index contributed by atoms with van der Waals surface area (Å²) in [4.78, 5) is 7.19. The zero-order chi connectivity index (χ0) is 17.9. The average molecular weight is 499 g/mol. The Labute approximate surface area is 175 Å². The van der Waals surface area contributed by atoms with Crippen LogP contribution >= 0.6 is 24.0 Å². The fourth-order valence-corrected chi connectivity index (χ4v) is 6.13. The number of hydrogen-bond acceptors (Lipinski definition) is 4. The van der Waals surface area contributed by atoms with Gasteiger partial charge in [-0.05, 0) is 57.3 Å². The Hall–Kier alpha value is -0.0900. The summed E-state index contributed by atoms with van der Waals surface area (Å²) in [5.41, 5.74) is 0. The predicted molar refractivity (Wildman–Crippen MR) is 116 cm³/mol. The first kappa shape index (κ1) is 22.2. The number of ether oxygens (including phenoxy) is 1. The molecule has 152 valence electrons. The second-order valence-corrected chi connectivity index (χ2v) is 10.4. The standard InChI is InChI=1S/C18H33N3O3S.HI/c1-14(2)20-18(19-11-15-6-10-25(22,23)13-15)21-7-3-17(12-21)16-4-8-24-9-5-16;/h14-17H,3-13H2,1-2H3,(H,19,20);1H. The van der Waals surface area contributed by atoms with Gasteiger partial charge in [0.1, 0.15) is 0 Å². The van der Waals surface area contributed by atoms with E-state index in [4.69, 9.17) is 9.73 Å². The molecule has 3 fully saturated rings. The van der Waals surface area contributed by atoms with Gasteiger partial charge in [-0.1, -0.05) is 0 Å². The zero-order valence-corrected chi connectivity index (χ0v) is 19.2. The molecule has 0 aliphatic carbocycles. The molecule has 8 heteroatoms. The van der Waals surface area contributed by atoms with Gasteiger partial charge < -0.3 is 15.0 Å². The lowest BCUT2D eigenvalue weighted by atomic mass is 9.85. The van der Waals surface area contributed by atoms with E-state index in [-0.39, 0.29) is 29.9 Å². The van der Waals surface area contributed by atoms with Gasteiger partial charge in [0.2, 0.25) is 0 Å². The largest absolute Gasteiger partial charge is 0.381 e. The van der Waals surface area contributed by atoms with E-state index in [2.05, 4.69) is 24.1 Å². The molecule has 3 saturated heterocycles. The molecule has 0 radical (unpaired) electrons. The Kier molecular flexibility index (Phi) is 8.46. The fourth-order valence-electron chi connectivity index (χ4n) is 4.28. The molecule has 3 aliphatic rings. The highest BCUT2D eigenvalue weighted by Gasteiger charge is 2.33. The summed E-state index contributed by atoms with van der Waals surface area (Å²) in [7, 11) is -2.82. The summed E-state index contributed by atoms with van der Waals surface area (Å²) in [5, 5.41) is 3.49. The topological polar surface area (TPSA) is 71.0 Å². The minimum absolute atomic E-state index is 0. The number of guanidine groups is 1. The van der Waals surface area contributed by atoms with E-state index in [0.29, 0.717) is 24.1 Å². The van der Waals surface area contributed by atoms with E-state index in [9.17, 15) is 8.42 Å². The van der Waals surface area contributed by atoms with Gasteiger partial charge in [-0.3, -0.25) is 4.99 Å². The van der Waals surface area contributed by atoms with E-state index < -0.39 is 9.84 Å². The Balaban J connectivity index is 0.00000243.